The Balaban J connectivity index is 2.08. The maximum Gasteiger partial charge on any atom is 0.181 e. The molecule has 2 heterocycles. The van der Waals surface area contributed by atoms with Gasteiger partial charge >= 0.3 is 0 Å². The minimum Gasteiger partial charge on any atom is -0.389 e. The molecule has 1 atom stereocenters. The number of fused-ring (bicyclic) bond motifs is 1. The zero-order valence-corrected chi connectivity index (χ0v) is 11.9. The van der Waals surface area contributed by atoms with Gasteiger partial charge in [0.15, 0.2) is 5.65 Å². The number of aliphatic hydroxyl groups excluding tert-OH is 1. The second-order valence-corrected chi connectivity index (χ2v) is 5.45. The van der Waals surface area contributed by atoms with E-state index in [1.165, 1.54) is 18.1 Å². The van der Waals surface area contributed by atoms with Crippen LogP contribution in [0.15, 0.2) is 40.8 Å². The predicted molar refractivity (Wildman–Crippen MR) is 77.6 cm³/mol. The van der Waals surface area contributed by atoms with E-state index in [1.54, 1.807) is 31.5 Å². The summed E-state index contributed by atoms with van der Waals surface area (Å²) in [5.41, 5.74) is 2.62. The zero-order chi connectivity index (χ0) is 14.8. The van der Waals surface area contributed by atoms with Crippen LogP contribution < -0.4 is 0 Å². The monoisotopic (exact) mass is 297 g/mol. The molecule has 3 rings (SSSR count). The summed E-state index contributed by atoms with van der Waals surface area (Å²) >= 11 is 1.37. The largest absolute Gasteiger partial charge is 0.389 e. The number of imidazole rings is 1. The van der Waals surface area contributed by atoms with Crippen molar-refractivity contribution in [1.82, 2.24) is 19.9 Å². The second-order valence-electron chi connectivity index (χ2n) is 4.42. The first kappa shape index (κ1) is 13.5. The number of nitrogens with one attached hydrogen (secondary N) is 1. The van der Waals surface area contributed by atoms with Gasteiger partial charge in [-0.25, -0.2) is 15.0 Å². The standard InChI is InChI=1S/C14H11N5OS/c1-8(20)10-3-2-9(5-15)4-11(10)21-14-12-13(17-6-16-12)18-7-19-14/h2-4,6-8,20H,1H3,(H,16,17,18,19)/t8-/m1/s1. The van der Waals surface area contributed by atoms with Crippen LogP contribution in [0, 0.1) is 11.3 Å². The molecule has 3 aromatic rings. The summed E-state index contributed by atoms with van der Waals surface area (Å²) in [5.74, 6) is 0. The molecular weight excluding hydrogens is 286 g/mol. The molecule has 2 aromatic heterocycles. The molecular formula is C14H11N5OS. The number of nitriles is 1. The number of aliphatic hydroxyl groups is 1. The van der Waals surface area contributed by atoms with Crippen molar-refractivity contribution in [2.45, 2.75) is 22.9 Å². The van der Waals surface area contributed by atoms with Gasteiger partial charge in [0.25, 0.3) is 0 Å². The van der Waals surface area contributed by atoms with Crippen molar-refractivity contribution in [3.63, 3.8) is 0 Å². The minimum atomic E-state index is -0.626. The van der Waals surface area contributed by atoms with Crippen molar-refractivity contribution >= 4 is 22.9 Å². The Labute approximate surface area is 124 Å². The molecule has 7 heteroatoms. The first-order valence-corrected chi connectivity index (χ1v) is 7.04. The zero-order valence-electron chi connectivity index (χ0n) is 11.1. The maximum absolute atomic E-state index is 9.87. The third-order valence-corrected chi connectivity index (χ3v) is 4.06. The fourth-order valence-electron chi connectivity index (χ4n) is 1.96. The summed E-state index contributed by atoms with van der Waals surface area (Å²) in [7, 11) is 0. The lowest BCUT2D eigenvalue weighted by atomic mass is 10.1. The number of H-pyrrole nitrogens is 1. The molecule has 0 aliphatic carbocycles. The molecule has 0 unspecified atom stereocenters. The Bertz CT molecular complexity index is 837. The fourth-order valence-corrected chi connectivity index (χ4v) is 3.06. The normalized spacial score (nSPS) is 12.2. The van der Waals surface area contributed by atoms with Gasteiger partial charge in [0, 0.05) is 4.90 Å². The van der Waals surface area contributed by atoms with Crippen molar-refractivity contribution < 1.29 is 5.11 Å². The van der Waals surface area contributed by atoms with Gasteiger partial charge in [-0.05, 0) is 24.6 Å². The lowest BCUT2D eigenvalue weighted by Gasteiger charge is -2.11. The molecule has 0 radical (unpaired) electrons. The highest BCUT2D eigenvalue weighted by atomic mass is 32.2. The van der Waals surface area contributed by atoms with Gasteiger partial charge in [-0.3, -0.25) is 0 Å². The summed E-state index contributed by atoms with van der Waals surface area (Å²) in [6.45, 7) is 1.69. The minimum absolute atomic E-state index is 0.539. The quantitative estimate of drug-likeness (QED) is 0.720. The van der Waals surface area contributed by atoms with Crippen LogP contribution in [0.4, 0.5) is 0 Å². The predicted octanol–water partition coefficient (Wildman–Crippen LogP) is 2.43. The molecule has 1 aromatic carbocycles. The van der Waals surface area contributed by atoms with E-state index in [1.807, 2.05) is 0 Å². The SMILES string of the molecule is C[C@@H](O)c1ccc(C#N)cc1Sc1ncnc2nc[nH]c12. The van der Waals surface area contributed by atoms with Gasteiger partial charge in [0.1, 0.15) is 16.9 Å². The average molecular weight is 297 g/mol. The summed E-state index contributed by atoms with van der Waals surface area (Å²) in [6.07, 6.45) is 2.38. The van der Waals surface area contributed by atoms with Crippen LogP contribution in [0.25, 0.3) is 11.2 Å². The Hall–Kier alpha value is -2.43. The van der Waals surface area contributed by atoms with Crippen LogP contribution in [-0.4, -0.2) is 25.0 Å². The highest BCUT2D eigenvalue weighted by molar-refractivity contribution is 7.99. The molecule has 0 saturated heterocycles. The number of hydrogen-bond acceptors (Lipinski definition) is 6. The van der Waals surface area contributed by atoms with E-state index >= 15 is 0 Å². The van der Waals surface area contributed by atoms with Gasteiger partial charge in [0.05, 0.1) is 24.1 Å². The number of nitrogens with zero attached hydrogens (tertiary/aromatic N) is 4. The summed E-state index contributed by atoms with van der Waals surface area (Å²) in [5, 5.41) is 19.6. The molecule has 0 fully saturated rings. The Morgan fingerprint density at radius 2 is 2.19 bits per heavy atom. The van der Waals surface area contributed by atoms with Crippen LogP contribution in [-0.2, 0) is 0 Å². The number of aromatic nitrogens is 4. The summed E-state index contributed by atoms with van der Waals surface area (Å²) in [4.78, 5) is 16.2. The molecule has 0 bridgehead atoms. The second kappa shape index (κ2) is 5.52. The molecule has 0 aliphatic rings. The van der Waals surface area contributed by atoms with E-state index in [9.17, 15) is 5.11 Å². The molecule has 0 saturated carbocycles. The van der Waals surface area contributed by atoms with E-state index in [2.05, 4.69) is 26.0 Å². The van der Waals surface area contributed by atoms with E-state index < -0.39 is 6.10 Å². The van der Waals surface area contributed by atoms with Crippen molar-refractivity contribution in [1.29, 1.82) is 5.26 Å². The molecule has 0 amide bonds. The topological polar surface area (TPSA) is 98.5 Å². The summed E-state index contributed by atoms with van der Waals surface area (Å²) < 4.78 is 0. The van der Waals surface area contributed by atoms with Crippen molar-refractivity contribution in [2.75, 3.05) is 0 Å². The number of benzene rings is 1. The molecule has 0 aliphatic heterocycles. The van der Waals surface area contributed by atoms with Gasteiger partial charge in [-0.2, -0.15) is 5.26 Å². The first-order valence-electron chi connectivity index (χ1n) is 6.23. The lowest BCUT2D eigenvalue weighted by molar-refractivity contribution is 0.196. The van der Waals surface area contributed by atoms with Crippen LogP contribution in [0.3, 0.4) is 0 Å². The van der Waals surface area contributed by atoms with Gasteiger partial charge in [-0.15, -0.1) is 0 Å². The molecule has 21 heavy (non-hydrogen) atoms. The maximum atomic E-state index is 9.87. The van der Waals surface area contributed by atoms with Crippen molar-refractivity contribution in [2.24, 2.45) is 0 Å². The Morgan fingerprint density at radius 1 is 1.33 bits per heavy atom. The number of rotatable bonds is 3. The van der Waals surface area contributed by atoms with Gasteiger partial charge in [-0.1, -0.05) is 17.8 Å². The Kier molecular flexibility index (Phi) is 3.56. The van der Waals surface area contributed by atoms with Gasteiger partial charge in [0.2, 0.25) is 0 Å². The van der Waals surface area contributed by atoms with Crippen LogP contribution >= 0.6 is 11.8 Å². The average Bonchev–Trinajstić information content (AvgIpc) is 2.96. The van der Waals surface area contributed by atoms with Crippen molar-refractivity contribution in [3.8, 4) is 6.07 Å². The third-order valence-electron chi connectivity index (χ3n) is 2.99. The van der Waals surface area contributed by atoms with E-state index in [0.717, 1.165) is 16.0 Å². The van der Waals surface area contributed by atoms with E-state index in [4.69, 9.17) is 5.26 Å². The number of aromatic amines is 1. The highest BCUT2D eigenvalue weighted by Gasteiger charge is 2.14. The van der Waals surface area contributed by atoms with E-state index in [0.29, 0.717) is 16.2 Å². The highest BCUT2D eigenvalue weighted by Crippen LogP contribution is 2.35. The Morgan fingerprint density at radius 3 is 2.95 bits per heavy atom. The third kappa shape index (κ3) is 2.59. The first-order chi connectivity index (χ1) is 10.2. The van der Waals surface area contributed by atoms with Crippen LogP contribution in [0.5, 0.6) is 0 Å². The van der Waals surface area contributed by atoms with E-state index in [-0.39, 0.29) is 0 Å². The molecule has 2 N–H and O–H groups in total. The number of hydrogen-bond donors (Lipinski definition) is 2. The van der Waals surface area contributed by atoms with Crippen LogP contribution in [0.2, 0.25) is 0 Å². The smallest absolute Gasteiger partial charge is 0.181 e. The molecule has 6 nitrogen and oxygen atoms in total. The van der Waals surface area contributed by atoms with Crippen LogP contribution in [0.1, 0.15) is 24.2 Å². The van der Waals surface area contributed by atoms with Gasteiger partial charge < -0.3 is 10.1 Å². The summed E-state index contributed by atoms with van der Waals surface area (Å²) in [6, 6.07) is 7.30. The van der Waals surface area contributed by atoms with Crippen molar-refractivity contribution in [3.05, 3.63) is 42.0 Å². The molecule has 104 valence electrons. The molecule has 0 spiro atoms. The fraction of sp³-hybridized carbons (Fsp3) is 0.143. The lowest BCUT2D eigenvalue weighted by Crippen LogP contribution is -1.95.